The van der Waals surface area contributed by atoms with Crippen LogP contribution in [0.2, 0.25) is 0 Å². The van der Waals surface area contributed by atoms with Crippen LogP contribution >= 0.6 is 0 Å². The number of likely N-dealkylation sites (tertiary alicyclic amines) is 1. The Bertz CT molecular complexity index is 1260. The number of aryl methyl sites for hydroxylation is 1. The van der Waals surface area contributed by atoms with Gasteiger partial charge >= 0.3 is 0 Å². The Balaban J connectivity index is 1.69. The first-order valence-electron chi connectivity index (χ1n) is 11.4. The quantitative estimate of drug-likeness (QED) is 0.604. The fourth-order valence-electron chi connectivity index (χ4n) is 4.91. The molecule has 3 aromatic rings. The molecule has 7 nitrogen and oxygen atoms in total. The van der Waals surface area contributed by atoms with Gasteiger partial charge in [0.25, 0.3) is 5.91 Å². The molecule has 2 aliphatic heterocycles. The van der Waals surface area contributed by atoms with Crippen LogP contribution in [0.1, 0.15) is 54.2 Å². The highest BCUT2D eigenvalue weighted by atomic mass is 32.2. The number of benzene rings is 1. The fraction of sp³-hybridized carbons (Fsp3) is 0.458. The maximum Gasteiger partial charge on any atom is 0.254 e. The smallest absolute Gasteiger partial charge is 0.254 e. The topological polar surface area (TPSA) is 85.2 Å². The van der Waals surface area contributed by atoms with E-state index in [1.165, 1.54) is 0 Å². The van der Waals surface area contributed by atoms with Crippen molar-refractivity contribution in [1.82, 2.24) is 19.7 Å². The van der Waals surface area contributed by atoms with E-state index in [4.69, 9.17) is 10.1 Å². The Morgan fingerprint density at radius 1 is 1.06 bits per heavy atom. The maximum atomic E-state index is 13.7. The lowest BCUT2D eigenvalue weighted by molar-refractivity contribution is 0.0763. The molecule has 168 valence electrons. The summed E-state index contributed by atoms with van der Waals surface area (Å²) in [5.74, 6) is 0.240. The SMILES string of the molecule is Cc1nn(C2CCS(=O)(=O)C2)c2nc(-c3ccccc3)cc(C(=O)N3CCCCCC3)c12. The van der Waals surface area contributed by atoms with Crippen molar-refractivity contribution >= 4 is 26.8 Å². The zero-order valence-electron chi connectivity index (χ0n) is 18.3. The van der Waals surface area contributed by atoms with Gasteiger partial charge in [-0.2, -0.15) is 5.10 Å². The summed E-state index contributed by atoms with van der Waals surface area (Å²) in [4.78, 5) is 20.6. The standard InChI is InChI=1S/C24H28N4O3S/c1-17-22-20(24(29)27-12-7-2-3-8-13-27)15-21(18-9-5-4-6-10-18)25-23(22)28(26-17)19-11-14-32(30,31)16-19/h4-6,9-10,15,19H,2-3,7-8,11-14,16H2,1H3. The molecule has 5 rings (SSSR count). The minimum atomic E-state index is -3.08. The summed E-state index contributed by atoms with van der Waals surface area (Å²) in [5.41, 5.74) is 3.56. The highest BCUT2D eigenvalue weighted by molar-refractivity contribution is 7.91. The predicted octanol–water partition coefficient (Wildman–Crippen LogP) is 3.78. The first-order valence-corrected chi connectivity index (χ1v) is 13.2. The van der Waals surface area contributed by atoms with Gasteiger partial charge in [0.2, 0.25) is 0 Å². The minimum Gasteiger partial charge on any atom is -0.339 e. The Hall–Kier alpha value is -2.74. The lowest BCUT2D eigenvalue weighted by Crippen LogP contribution is -2.32. The minimum absolute atomic E-state index is 0.0122. The molecular formula is C24H28N4O3S. The van der Waals surface area contributed by atoms with E-state index in [9.17, 15) is 13.2 Å². The van der Waals surface area contributed by atoms with Gasteiger partial charge in [0.05, 0.1) is 39.9 Å². The van der Waals surface area contributed by atoms with Crippen LogP contribution in [0.3, 0.4) is 0 Å². The van der Waals surface area contributed by atoms with E-state index in [1.54, 1.807) is 4.68 Å². The van der Waals surface area contributed by atoms with Crippen LogP contribution in [0.5, 0.6) is 0 Å². The molecule has 2 fully saturated rings. The molecule has 0 radical (unpaired) electrons. The molecule has 2 aromatic heterocycles. The maximum absolute atomic E-state index is 13.7. The van der Waals surface area contributed by atoms with E-state index >= 15 is 0 Å². The zero-order chi connectivity index (χ0) is 22.3. The van der Waals surface area contributed by atoms with E-state index in [0.717, 1.165) is 55.4 Å². The fourth-order valence-corrected chi connectivity index (χ4v) is 6.60. The number of nitrogens with zero attached hydrogens (tertiary/aromatic N) is 4. The number of rotatable bonds is 3. The molecule has 0 spiro atoms. The first kappa shape index (κ1) is 21.1. The number of hydrogen-bond donors (Lipinski definition) is 0. The molecule has 0 N–H and O–H groups in total. The molecule has 32 heavy (non-hydrogen) atoms. The number of carbonyl (C=O) groups excluding carboxylic acids is 1. The Kier molecular flexibility index (Phi) is 5.49. The van der Waals surface area contributed by atoms with Gasteiger partial charge in [0.1, 0.15) is 0 Å². The van der Waals surface area contributed by atoms with Gasteiger partial charge in [0.15, 0.2) is 15.5 Å². The van der Waals surface area contributed by atoms with E-state index in [-0.39, 0.29) is 23.5 Å². The molecule has 1 aromatic carbocycles. The van der Waals surface area contributed by atoms with E-state index in [0.29, 0.717) is 23.3 Å². The van der Waals surface area contributed by atoms with Crippen molar-refractivity contribution in [1.29, 1.82) is 0 Å². The Morgan fingerprint density at radius 3 is 2.44 bits per heavy atom. The van der Waals surface area contributed by atoms with E-state index < -0.39 is 9.84 Å². The molecule has 1 atom stereocenters. The Morgan fingerprint density at radius 2 is 1.78 bits per heavy atom. The van der Waals surface area contributed by atoms with Crippen molar-refractivity contribution in [3.63, 3.8) is 0 Å². The summed E-state index contributed by atoms with van der Waals surface area (Å²) >= 11 is 0. The predicted molar refractivity (Wildman–Crippen MR) is 124 cm³/mol. The molecule has 0 aliphatic carbocycles. The second-order valence-corrected chi connectivity index (χ2v) is 11.1. The number of pyridine rings is 1. The van der Waals surface area contributed by atoms with Crippen molar-refractivity contribution in [2.24, 2.45) is 0 Å². The van der Waals surface area contributed by atoms with Gasteiger partial charge in [0, 0.05) is 18.7 Å². The van der Waals surface area contributed by atoms with Crippen LogP contribution in [0.25, 0.3) is 22.3 Å². The third-order valence-electron chi connectivity index (χ3n) is 6.58. The van der Waals surface area contributed by atoms with Crippen molar-refractivity contribution in [2.45, 2.75) is 45.1 Å². The van der Waals surface area contributed by atoms with Crippen molar-refractivity contribution in [3.8, 4) is 11.3 Å². The Labute approximate surface area is 188 Å². The van der Waals surface area contributed by atoms with Gasteiger partial charge < -0.3 is 4.90 Å². The average molecular weight is 453 g/mol. The zero-order valence-corrected chi connectivity index (χ0v) is 19.1. The van der Waals surface area contributed by atoms with E-state index in [1.807, 2.05) is 48.2 Å². The van der Waals surface area contributed by atoms with Crippen LogP contribution in [0, 0.1) is 6.92 Å². The number of fused-ring (bicyclic) bond motifs is 1. The molecular weight excluding hydrogens is 424 g/mol. The van der Waals surface area contributed by atoms with Gasteiger partial charge in [-0.15, -0.1) is 0 Å². The van der Waals surface area contributed by atoms with Crippen LogP contribution in [0.4, 0.5) is 0 Å². The normalized spacial score (nSPS) is 21.0. The molecule has 1 unspecified atom stereocenters. The van der Waals surface area contributed by atoms with Crippen LogP contribution < -0.4 is 0 Å². The summed E-state index contributed by atoms with van der Waals surface area (Å²) in [6.45, 7) is 3.40. The lowest BCUT2D eigenvalue weighted by atomic mass is 10.0. The number of sulfone groups is 1. The van der Waals surface area contributed by atoms with Crippen molar-refractivity contribution in [3.05, 3.63) is 47.7 Å². The third-order valence-corrected chi connectivity index (χ3v) is 8.33. The van der Waals surface area contributed by atoms with Crippen molar-refractivity contribution in [2.75, 3.05) is 24.6 Å². The molecule has 8 heteroatoms. The van der Waals surface area contributed by atoms with Gasteiger partial charge in [-0.25, -0.2) is 18.1 Å². The van der Waals surface area contributed by atoms with E-state index in [2.05, 4.69) is 0 Å². The monoisotopic (exact) mass is 452 g/mol. The van der Waals surface area contributed by atoms with Crippen LogP contribution in [0.15, 0.2) is 36.4 Å². The number of aromatic nitrogens is 3. The third kappa shape index (κ3) is 3.92. The van der Waals surface area contributed by atoms with Gasteiger partial charge in [-0.05, 0) is 32.3 Å². The first-order chi connectivity index (χ1) is 15.4. The largest absolute Gasteiger partial charge is 0.339 e. The second kappa shape index (κ2) is 8.31. The second-order valence-electron chi connectivity index (χ2n) is 8.91. The highest BCUT2D eigenvalue weighted by Gasteiger charge is 2.33. The number of hydrogen-bond acceptors (Lipinski definition) is 5. The summed E-state index contributed by atoms with van der Waals surface area (Å²) in [6.07, 6.45) is 4.86. The summed E-state index contributed by atoms with van der Waals surface area (Å²) in [7, 11) is -3.08. The van der Waals surface area contributed by atoms with Gasteiger partial charge in [-0.3, -0.25) is 4.79 Å². The molecule has 2 aliphatic rings. The van der Waals surface area contributed by atoms with Crippen LogP contribution in [-0.2, 0) is 9.84 Å². The van der Waals surface area contributed by atoms with Crippen molar-refractivity contribution < 1.29 is 13.2 Å². The van der Waals surface area contributed by atoms with Crippen LogP contribution in [-0.4, -0.2) is 58.6 Å². The molecule has 2 saturated heterocycles. The number of amides is 1. The summed E-state index contributed by atoms with van der Waals surface area (Å²) in [5, 5.41) is 5.44. The highest BCUT2D eigenvalue weighted by Crippen LogP contribution is 2.32. The summed E-state index contributed by atoms with van der Waals surface area (Å²) < 4.78 is 26.0. The molecule has 0 saturated carbocycles. The molecule has 0 bridgehead atoms. The number of carbonyl (C=O) groups is 1. The molecule has 4 heterocycles. The lowest BCUT2D eigenvalue weighted by Gasteiger charge is -2.21. The van der Waals surface area contributed by atoms with Gasteiger partial charge in [-0.1, -0.05) is 43.2 Å². The summed E-state index contributed by atoms with van der Waals surface area (Å²) in [6, 6.07) is 11.4. The average Bonchev–Trinajstić information content (AvgIpc) is 3.18. The molecule has 1 amide bonds.